The summed E-state index contributed by atoms with van der Waals surface area (Å²) in [4.78, 5) is 16.1. The van der Waals surface area contributed by atoms with Crippen LogP contribution in [0.1, 0.15) is 43.0 Å². The Morgan fingerprint density at radius 2 is 1.61 bits per heavy atom. The molecule has 0 spiro atoms. The Morgan fingerprint density at radius 3 is 2.07 bits per heavy atom. The summed E-state index contributed by atoms with van der Waals surface area (Å²) in [5.41, 5.74) is 3.53. The zero-order valence-corrected chi connectivity index (χ0v) is 20.2. The van der Waals surface area contributed by atoms with Crippen molar-refractivity contribution in [2.75, 3.05) is 31.1 Å². The van der Waals surface area contributed by atoms with Crippen molar-refractivity contribution >= 4 is 44.6 Å². The van der Waals surface area contributed by atoms with E-state index in [4.69, 9.17) is 4.74 Å². The zero-order chi connectivity index (χ0) is 21.4. The molecule has 0 atom stereocenters. The lowest BCUT2D eigenvalue weighted by Crippen LogP contribution is -2.50. The Hall–Kier alpha value is -1.10. The van der Waals surface area contributed by atoms with Crippen LogP contribution in [-0.4, -0.2) is 51.2 Å². The maximum absolute atomic E-state index is 13.4. The zero-order valence-electron chi connectivity index (χ0n) is 17.2. The average Bonchev–Trinajstić information content (AvgIpc) is 2.55. The lowest BCUT2D eigenvalue weighted by atomic mass is 9.97. The predicted octanol–water partition coefficient (Wildman–Crippen LogP) is 4.07. The molecule has 0 aliphatic carbocycles. The molecule has 0 radical (unpaired) electrons. The number of hydrogen-bond donors (Lipinski definition) is 0. The van der Waals surface area contributed by atoms with Crippen molar-refractivity contribution in [3.05, 3.63) is 25.8 Å². The largest absolute Gasteiger partial charge is 0.444 e. The van der Waals surface area contributed by atoms with Crippen LogP contribution < -0.4 is 4.90 Å². The normalized spacial score (nSPS) is 15.7. The van der Waals surface area contributed by atoms with E-state index in [0.29, 0.717) is 31.7 Å². The second kappa shape index (κ2) is 8.33. The van der Waals surface area contributed by atoms with Crippen LogP contribution in [0.2, 0.25) is 0 Å². The number of rotatable bonds is 3. The van der Waals surface area contributed by atoms with E-state index in [2.05, 4.69) is 27.5 Å². The van der Waals surface area contributed by atoms with Gasteiger partial charge in [0.15, 0.2) is 0 Å². The molecule has 1 aliphatic rings. The van der Waals surface area contributed by atoms with E-state index >= 15 is 0 Å². The van der Waals surface area contributed by atoms with Crippen molar-refractivity contribution < 1.29 is 21.8 Å². The number of benzene rings is 1. The van der Waals surface area contributed by atoms with Gasteiger partial charge in [-0.3, -0.25) is 0 Å². The SMILES string of the molecule is Cc1c(I)c(C)c(N2CCN(C(=O)OC(C)(C)C)CC2)c(C)c1CS(=O)(=O)F. The van der Waals surface area contributed by atoms with Crippen LogP contribution in [0.25, 0.3) is 0 Å². The standard InChI is InChI=1S/C19H28FIN2O4S/c1-12-15(11-28(20,25)26)13(2)17(14(3)16(12)21)22-7-9-23(10-8-22)18(24)27-19(4,5)6/h7-11H2,1-6H3. The van der Waals surface area contributed by atoms with Gasteiger partial charge in [-0.15, -0.1) is 3.89 Å². The Balaban J connectivity index is 2.29. The quantitative estimate of drug-likeness (QED) is 0.439. The molecule has 1 aliphatic heterocycles. The number of nitrogens with zero attached hydrogens (tertiary/aromatic N) is 2. The fourth-order valence-electron chi connectivity index (χ4n) is 3.53. The first kappa shape index (κ1) is 23.2. The number of hydrogen-bond acceptors (Lipinski definition) is 5. The summed E-state index contributed by atoms with van der Waals surface area (Å²) in [7, 11) is -4.63. The van der Waals surface area contributed by atoms with Crippen LogP contribution in [0.3, 0.4) is 0 Å². The summed E-state index contributed by atoms with van der Waals surface area (Å²) in [5.74, 6) is -0.619. The Labute approximate surface area is 180 Å². The molecule has 0 unspecified atom stereocenters. The third-order valence-electron chi connectivity index (χ3n) is 4.84. The van der Waals surface area contributed by atoms with Gasteiger partial charge in [-0.1, -0.05) is 0 Å². The Bertz CT molecular complexity index is 873. The number of halogens is 2. The molecule has 2 rings (SSSR count). The highest BCUT2D eigenvalue weighted by Crippen LogP contribution is 2.36. The van der Waals surface area contributed by atoms with Crippen LogP contribution in [0.4, 0.5) is 14.4 Å². The van der Waals surface area contributed by atoms with Crippen LogP contribution in [0.15, 0.2) is 0 Å². The summed E-state index contributed by atoms with van der Waals surface area (Å²) in [5, 5.41) is 0. The molecule has 1 amide bonds. The van der Waals surface area contributed by atoms with Gasteiger partial charge in [0.1, 0.15) is 11.4 Å². The van der Waals surface area contributed by atoms with E-state index < -0.39 is 21.6 Å². The summed E-state index contributed by atoms with van der Waals surface area (Å²) in [6.45, 7) is 13.4. The fraction of sp³-hybridized carbons (Fsp3) is 0.632. The molecule has 6 nitrogen and oxygen atoms in total. The van der Waals surface area contributed by atoms with Crippen LogP contribution in [-0.2, 0) is 20.7 Å². The van der Waals surface area contributed by atoms with Gasteiger partial charge in [-0.25, -0.2) is 4.79 Å². The molecule has 1 fully saturated rings. The molecule has 0 bridgehead atoms. The van der Waals surface area contributed by atoms with Crippen LogP contribution >= 0.6 is 22.6 Å². The summed E-state index contributed by atoms with van der Waals surface area (Å²) in [6, 6.07) is 0. The molecule has 1 heterocycles. The average molecular weight is 526 g/mol. The number of carbonyl (C=O) groups excluding carboxylic acids is 1. The van der Waals surface area contributed by atoms with Gasteiger partial charge in [0.05, 0.1) is 0 Å². The van der Waals surface area contributed by atoms with Crippen LogP contribution in [0, 0.1) is 24.3 Å². The first-order valence-electron chi connectivity index (χ1n) is 9.14. The molecule has 0 saturated carbocycles. The van der Waals surface area contributed by atoms with Gasteiger partial charge in [-0.05, 0) is 86.4 Å². The van der Waals surface area contributed by atoms with Gasteiger partial charge in [-0.2, -0.15) is 8.42 Å². The smallest absolute Gasteiger partial charge is 0.410 e. The summed E-state index contributed by atoms with van der Waals surface area (Å²) >= 11 is 2.19. The van der Waals surface area contributed by atoms with Gasteiger partial charge in [0.25, 0.3) is 0 Å². The van der Waals surface area contributed by atoms with Crippen molar-refractivity contribution in [3.8, 4) is 0 Å². The first-order chi connectivity index (χ1) is 12.7. The third-order valence-corrected chi connectivity index (χ3v) is 7.09. The van der Waals surface area contributed by atoms with Crippen molar-refractivity contribution in [2.24, 2.45) is 0 Å². The molecule has 28 heavy (non-hydrogen) atoms. The van der Waals surface area contributed by atoms with E-state index in [1.165, 1.54) is 0 Å². The second-order valence-corrected chi connectivity index (χ2v) is 10.6. The van der Waals surface area contributed by atoms with E-state index in [1.54, 1.807) is 4.90 Å². The number of anilines is 1. The predicted molar refractivity (Wildman–Crippen MR) is 117 cm³/mol. The van der Waals surface area contributed by atoms with Crippen molar-refractivity contribution in [3.63, 3.8) is 0 Å². The minimum Gasteiger partial charge on any atom is -0.444 e. The van der Waals surface area contributed by atoms with Gasteiger partial charge >= 0.3 is 16.3 Å². The molecule has 9 heteroatoms. The van der Waals surface area contributed by atoms with Gasteiger partial charge in [0, 0.05) is 35.4 Å². The van der Waals surface area contributed by atoms with Crippen molar-refractivity contribution in [1.82, 2.24) is 4.90 Å². The molecule has 0 aromatic heterocycles. The van der Waals surface area contributed by atoms with E-state index in [0.717, 1.165) is 25.9 Å². The Kier molecular flexibility index (Phi) is 6.90. The first-order valence-corrected chi connectivity index (χ1v) is 11.8. The minimum absolute atomic E-state index is 0.330. The summed E-state index contributed by atoms with van der Waals surface area (Å²) < 4.78 is 42.3. The highest BCUT2D eigenvalue weighted by molar-refractivity contribution is 14.1. The lowest BCUT2D eigenvalue weighted by molar-refractivity contribution is 0.0240. The monoisotopic (exact) mass is 526 g/mol. The van der Waals surface area contributed by atoms with Gasteiger partial charge < -0.3 is 14.5 Å². The number of amides is 1. The van der Waals surface area contributed by atoms with E-state index in [-0.39, 0.29) is 6.09 Å². The maximum Gasteiger partial charge on any atom is 0.410 e. The topological polar surface area (TPSA) is 66.9 Å². The molecule has 0 N–H and O–H groups in total. The number of ether oxygens (including phenoxy) is 1. The second-order valence-electron chi connectivity index (χ2n) is 8.15. The number of piperazine rings is 1. The van der Waals surface area contributed by atoms with Crippen LogP contribution in [0.5, 0.6) is 0 Å². The van der Waals surface area contributed by atoms with Gasteiger partial charge in [0.2, 0.25) is 0 Å². The molecule has 158 valence electrons. The molecular weight excluding hydrogens is 498 g/mol. The number of carbonyl (C=O) groups is 1. The molecular formula is C19H28FIN2O4S. The molecule has 1 aromatic rings. The van der Waals surface area contributed by atoms with Crippen molar-refractivity contribution in [1.29, 1.82) is 0 Å². The third kappa shape index (κ3) is 5.49. The Morgan fingerprint density at radius 1 is 1.07 bits per heavy atom. The minimum atomic E-state index is -4.63. The summed E-state index contributed by atoms with van der Waals surface area (Å²) in [6.07, 6.45) is -0.330. The highest BCUT2D eigenvalue weighted by Gasteiger charge is 2.29. The fourth-order valence-corrected chi connectivity index (χ4v) is 4.88. The molecule has 1 aromatic carbocycles. The van der Waals surface area contributed by atoms with Crippen molar-refractivity contribution in [2.45, 2.75) is 52.9 Å². The van der Waals surface area contributed by atoms with E-state index in [1.807, 2.05) is 41.5 Å². The highest BCUT2D eigenvalue weighted by atomic mass is 127. The van der Waals surface area contributed by atoms with E-state index in [9.17, 15) is 17.1 Å². The maximum atomic E-state index is 13.4. The molecule has 1 saturated heterocycles. The lowest BCUT2D eigenvalue weighted by Gasteiger charge is -2.38.